The number of hydrogen-bond donors (Lipinski definition) is 1. The maximum absolute atomic E-state index is 5.20. The van der Waals surface area contributed by atoms with Crippen molar-refractivity contribution in [3.05, 3.63) is 24.4 Å². The number of nitrogens with zero attached hydrogens (tertiary/aromatic N) is 2. The number of hydrogen-bond acceptors (Lipinski definition) is 5. The summed E-state index contributed by atoms with van der Waals surface area (Å²) in [5.41, 5.74) is 0. The molecular weight excluding hydrogens is 194 g/mol. The Morgan fingerprint density at radius 2 is 2.47 bits per heavy atom. The number of ether oxygens (including phenoxy) is 1. The van der Waals surface area contributed by atoms with Gasteiger partial charge >= 0.3 is 0 Å². The molecule has 0 radical (unpaired) electrons. The van der Waals surface area contributed by atoms with Crippen LogP contribution in [-0.4, -0.2) is 23.8 Å². The molecule has 1 N–H and O–H groups in total. The van der Waals surface area contributed by atoms with Gasteiger partial charge in [-0.2, -0.15) is 4.98 Å². The molecular formula is C10H17N3O2. The average molecular weight is 211 g/mol. The third-order valence-corrected chi connectivity index (χ3v) is 1.99. The van der Waals surface area contributed by atoms with E-state index in [2.05, 4.69) is 22.0 Å². The molecule has 0 aliphatic rings. The molecule has 1 atom stereocenters. The number of nitrogens with one attached hydrogen (secondary N) is 1. The monoisotopic (exact) mass is 211 g/mol. The molecule has 0 spiro atoms. The second-order valence-electron chi connectivity index (χ2n) is 3.10. The molecule has 84 valence electrons. The first-order chi connectivity index (χ1) is 7.31. The lowest BCUT2D eigenvalue weighted by Crippen LogP contribution is -2.13. The van der Waals surface area contributed by atoms with Crippen LogP contribution in [0.2, 0.25) is 0 Å². The first-order valence-corrected chi connectivity index (χ1v) is 4.98. The van der Waals surface area contributed by atoms with Crippen molar-refractivity contribution in [3.63, 3.8) is 0 Å². The zero-order valence-electron chi connectivity index (χ0n) is 9.19. The molecule has 0 aliphatic heterocycles. The highest BCUT2D eigenvalue weighted by Gasteiger charge is 2.15. The van der Waals surface area contributed by atoms with Gasteiger partial charge in [0.15, 0.2) is 0 Å². The van der Waals surface area contributed by atoms with E-state index in [9.17, 15) is 0 Å². The molecule has 0 saturated carbocycles. The van der Waals surface area contributed by atoms with Crippen LogP contribution >= 0.6 is 0 Å². The van der Waals surface area contributed by atoms with E-state index < -0.39 is 0 Å². The van der Waals surface area contributed by atoms with Crippen molar-refractivity contribution >= 4 is 0 Å². The van der Waals surface area contributed by atoms with Crippen molar-refractivity contribution in [2.24, 2.45) is 0 Å². The third-order valence-electron chi connectivity index (χ3n) is 1.99. The molecule has 5 nitrogen and oxygen atoms in total. The smallest absolute Gasteiger partial charge is 0.240 e. The summed E-state index contributed by atoms with van der Waals surface area (Å²) in [4.78, 5) is 4.22. The maximum atomic E-state index is 5.20. The Morgan fingerprint density at radius 1 is 1.67 bits per heavy atom. The fourth-order valence-corrected chi connectivity index (χ4v) is 1.21. The van der Waals surface area contributed by atoms with Gasteiger partial charge in [0.1, 0.15) is 6.10 Å². The van der Waals surface area contributed by atoms with Crippen molar-refractivity contribution in [2.75, 3.05) is 13.7 Å². The Balaban J connectivity index is 2.51. The lowest BCUT2D eigenvalue weighted by Gasteiger charge is -2.05. The lowest BCUT2D eigenvalue weighted by molar-refractivity contribution is 0.0903. The quantitative estimate of drug-likeness (QED) is 0.546. The molecule has 1 unspecified atom stereocenters. The molecule has 1 aromatic rings. The van der Waals surface area contributed by atoms with Crippen LogP contribution < -0.4 is 5.32 Å². The molecule has 1 aromatic heterocycles. The van der Waals surface area contributed by atoms with Gasteiger partial charge in [0.2, 0.25) is 11.7 Å². The fourth-order valence-electron chi connectivity index (χ4n) is 1.21. The van der Waals surface area contributed by atoms with Gasteiger partial charge in [0.05, 0.1) is 6.54 Å². The van der Waals surface area contributed by atoms with Crippen molar-refractivity contribution in [3.8, 4) is 0 Å². The first-order valence-electron chi connectivity index (χ1n) is 4.98. The van der Waals surface area contributed by atoms with Crippen LogP contribution in [0.4, 0.5) is 0 Å². The van der Waals surface area contributed by atoms with E-state index in [0.717, 1.165) is 13.0 Å². The largest absolute Gasteiger partial charge is 0.373 e. The van der Waals surface area contributed by atoms with Crippen LogP contribution in [0.3, 0.4) is 0 Å². The Morgan fingerprint density at radius 3 is 3.07 bits per heavy atom. The zero-order chi connectivity index (χ0) is 11.1. The van der Waals surface area contributed by atoms with Gasteiger partial charge in [0.25, 0.3) is 0 Å². The Kier molecular flexibility index (Phi) is 5.00. The topological polar surface area (TPSA) is 60.2 Å². The second-order valence-corrected chi connectivity index (χ2v) is 3.10. The zero-order valence-corrected chi connectivity index (χ0v) is 9.19. The summed E-state index contributed by atoms with van der Waals surface area (Å²) < 4.78 is 10.3. The van der Waals surface area contributed by atoms with E-state index >= 15 is 0 Å². The van der Waals surface area contributed by atoms with Crippen LogP contribution in [-0.2, 0) is 11.3 Å². The molecule has 1 rings (SSSR count). The van der Waals surface area contributed by atoms with Crippen LogP contribution in [0.1, 0.15) is 31.2 Å². The molecule has 5 heteroatoms. The minimum absolute atomic E-state index is 0.0816. The average Bonchev–Trinajstić information content (AvgIpc) is 2.69. The number of methoxy groups -OCH3 is 1. The van der Waals surface area contributed by atoms with E-state index in [1.165, 1.54) is 0 Å². The van der Waals surface area contributed by atoms with Crippen LogP contribution in [0.5, 0.6) is 0 Å². The third kappa shape index (κ3) is 3.45. The minimum Gasteiger partial charge on any atom is -0.373 e. The minimum atomic E-state index is -0.0816. The summed E-state index contributed by atoms with van der Waals surface area (Å²) in [6.07, 6.45) is 2.53. The first kappa shape index (κ1) is 11.9. The molecule has 0 aliphatic carbocycles. The van der Waals surface area contributed by atoms with Gasteiger partial charge in [0, 0.05) is 13.7 Å². The summed E-state index contributed by atoms with van der Waals surface area (Å²) in [7, 11) is 1.64. The van der Waals surface area contributed by atoms with Crippen molar-refractivity contribution in [1.29, 1.82) is 0 Å². The Hall–Kier alpha value is -1.20. The van der Waals surface area contributed by atoms with Gasteiger partial charge in [-0.3, -0.25) is 0 Å². The van der Waals surface area contributed by atoms with Gasteiger partial charge in [-0.15, -0.1) is 6.58 Å². The predicted molar refractivity (Wildman–Crippen MR) is 56.2 cm³/mol. The molecule has 0 aromatic carbocycles. The SMILES string of the molecule is C=CCNCc1nc(C(CC)OC)no1. The molecule has 15 heavy (non-hydrogen) atoms. The summed E-state index contributed by atoms with van der Waals surface area (Å²) in [5.74, 6) is 1.18. The Labute approximate surface area is 89.5 Å². The van der Waals surface area contributed by atoms with Crippen molar-refractivity contribution < 1.29 is 9.26 Å². The predicted octanol–water partition coefficient (Wildman–Crippen LogP) is 1.44. The number of aromatic nitrogens is 2. The normalized spacial score (nSPS) is 12.7. The highest BCUT2D eigenvalue weighted by atomic mass is 16.5. The van der Waals surface area contributed by atoms with Gasteiger partial charge in [-0.25, -0.2) is 0 Å². The molecule has 1 heterocycles. The van der Waals surface area contributed by atoms with Crippen LogP contribution in [0, 0.1) is 0 Å². The van der Waals surface area contributed by atoms with E-state index in [0.29, 0.717) is 18.3 Å². The lowest BCUT2D eigenvalue weighted by atomic mass is 10.3. The van der Waals surface area contributed by atoms with Crippen LogP contribution in [0.15, 0.2) is 17.2 Å². The highest BCUT2D eigenvalue weighted by molar-refractivity contribution is 4.91. The summed E-state index contributed by atoms with van der Waals surface area (Å²) in [6, 6.07) is 0. The standard InChI is InChI=1S/C10H17N3O2/c1-4-6-11-7-9-12-10(13-15-9)8(5-2)14-3/h4,8,11H,1,5-7H2,2-3H3. The van der Waals surface area contributed by atoms with Crippen LogP contribution in [0.25, 0.3) is 0 Å². The van der Waals surface area contributed by atoms with Crippen molar-refractivity contribution in [1.82, 2.24) is 15.5 Å². The van der Waals surface area contributed by atoms with Gasteiger partial charge < -0.3 is 14.6 Å². The second kappa shape index (κ2) is 6.31. The van der Waals surface area contributed by atoms with Gasteiger partial charge in [-0.05, 0) is 6.42 Å². The molecule has 0 saturated heterocycles. The summed E-state index contributed by atoms with van der Waals surface area (Å²) in [6.45, 7) is 6.89. The van der Waals surface area contributed by atoms with Gasteiger partial charge in [-0.1, -0.05) is 18.2 Å². The van der Waals surface area contributed by atoms with E-state index in [1.807, 2.05) is 6.92 Å². The van der Waals surface area contributed by atoms with E-state index in [1.54, 1.807) is 13.2 Å². The fraction of sp³-hybridized carbons (Fsp3) is 0.600. The molecule has 0 fully saturated rings. The van der Waals surface area contributed by atoms with E-state index in [4.69, 9.17) is 9.26 Å². The molecule has 0 amide bonds. The Bertz CT molecular complexity index is 295. The summed E-state index contributed by atoms with van der Waals surface area (Å²) in [5, 5.41) is 6.94. The highest BCUT2D eigenvalue weighted by Crippen LogP contribution is 2.16. The number of rotatable bonds is 7. The van der Waals surface area contributed by atoms with E-state index in [-0.39, 0.29) is 6.10 Å². The maximum Gasteiger partial charge on any atom is 0.240 e. The van der Waals surface area contributed by atoms with Crippen molar-refractivity contribution in [2.45, 2.75) is 26.0 Å². The summed E-state index contributed by atoms with van der Waals surface area (Å²) >= 11 is 0. The molecule has 0 bridgehead atoms.